The molecule has 2 aliphatic carbocycles. The van der Waals surface area contributed by atoms with Crippen LogP contribution in [0.2, 0.25) is 0 Å². The molecular weight excluding hydrogens is 172 g/mol. The number of methoxy groups -OCH3 is 1. The lowest BCUT2D eigenvalue weighted by atomic mass is 9.71. The zero-order valence-electron chi connectivity index (χ0n) is 9.30. The normalized spacial score (nSPS) is 31.6. The zero-order valence-corrected chi connectivity index (χ0v) is 9.30. The van der Waals surface area contributed by atoms with Crippen molar-refractivity contribution in [3.63, 3.8) is 0 Å². The van der Waals surface area contributed by atoms with E-state index in [2.05, 4.69) is 12.2 Å². The molecule has 0 amide bonds. The van der Waals surface area contributed by atoms with E-state index in [0.717, 1.165) is 5.92 Å². The molecule has 1 saturated carbocycles. The molecule has 0 aromatic carbocycles. The van der Waals surface area contributed by atoms with Gasteiger partial charge in [-0.3, -0.25) is 0 Å². The minimum atomic E-state index is 0.239. The highest BCUT2D eigenvalue weighted by Gasteiger charge is 2.39. The largest absolute Gasteiger partial charge is 0.378 e. The molecule has 0 N–H and O–H groups in total. The Kier molecular flexibility index (Phi) is 3.27. The van der Waals surface area contributed by atoms with E-state index >= 15 is 0 Å². The van der Waals surface area contributed by atoms with Gasteiger partial charge in [-0.15, -0.1) is 0 Å². The zero-order chi connectivity index (χ0) is 9.86. The smallest absolute Gasteiger partial charge is 0.0709 e. The van der Waals surface area contributed by atoms with Gasteiger partial charge in [-0.1, -0.05) is 31.4 Å². The molecule has 1 fully saturated rings. The molecule has 0 aromatic rings. The fourth-order valence-electron chi connectivity index (χ4n) is 3.20. The lowest BCUT2D eigenvalue weighted by Gasteiger charge is -2.43. The predicted molar refractivity (Wildman–Crippen MR) is 59.3 cm³/mol. The Morgan fingerprint density at radius 2 is 1.93 bits per heavy atom. The molecule has 0 radical (unpaired) electrons. The first kappa shape index (κ1) is 10.2. The molecule has 1 nitrogen and oxygen atoms in total. The van der Waals surface area contributed by atoms with Gasteiger partial charge in [-0.05, 0) is 38.0 Å². The van der Waals surface area contributed by atoms with Gasteiger partial charge in [0.1, 0.15) is 0 Å². The van der Waals surface area contributed by atoms with Gasteiger partial charge in [0.2, 0.25) is 0 Å². The molecule has 0 aliphatic heterocycles. The average Bonchev–Trinajstić information content (AvgIpc) is 2.31. The summed E-state index contributed by atoms with van der Waals surface area (Å²) < 4.78 is 5.88. The molecule has 0 aromatic heterocycles. The molecule has 2 aliphatic rings. The highest BCUT2D eigenvalue weighted by molar-refractivity contribution is 4.99. The number of ether oxygens (including phenoxy) is 1. The van der Waals surface area contributed by atoms with Gasteiger partial charge >= 0.3 is 0 Å². The highest BCUT2D eigenvalue weighted by atomic mass is 16.5. The van der Waals surface area contributed by atoms with Crippen molar-refractivity contribution in [3.8, 4) is 0 Å². The fraction of sp³-hybridized carbons (Fsp3) is 0.846. The van der Waals surface area contributed by atoms with E-state index in [1.54, 1.807) is 0 Å². The topological polar surface area (TPSA) is 9.23 Å². The average molecular weight is 194 g/mol. The number of hydrogen-bond donors (Lipinski definition) is 0. The summed E-state index contributed by atoms with van der Waals surface area (Å²) in [6, 6.07) is 0. The molecule has 2 rings (SSSR count). The van der Waals surface area contributed by atoms with Gasteiger partial charge in [0, 0.05) is 7.11 Å². The minimum absolute atomic E-state index is 0.239. The number of allylic oxidation sites excluding steroid dienone is 2. The Morgan fingerprint density at radius 1 is 1.14 bits per heavy atom. The molecule has 14 heavy (non-hydrogen) atoms. The second-order valence-electron chi connectivity index (χ2n) is 4.81. The highest BCUT2D eigenvalue weighted by Crippen LogP contribution is 2.42. The van der Waals surface area contributed by atoms with Crippen LogP contribution in [0.4, 0.5) is 0 Å². The summed E-state index contributed by atoms with van der Waals surface area (Å²) in [6.07, 6.45) is 15.2. The lowest BCUT2D eigenvalue weighted by molar-refractivity contribution is -0.0865. The van der Waals surface area contributed by atoms with Crippen molar-refractivity contribution in [2.24, 2.45) is 5.92 Å². The van der Waals surface area contributed by atoms with Crippen LogP contribution in [0.25, 0.3) is 0 Å². The molecular formula is C13H22O. The summed E-state index contributed by atoms with van der Waals surface area (Å²) in [7, 11) is 1.92. The fourth-order valence-corrected chi connectivity index (χ4v) is 3.20. The summed E-state index contributed by atoms with van der Waals surface area (Å²) in [5.41, 5.74) is 0.239. The first-order valence-electron chi connectivity index (χ1n) is 6.07. The summed E-state index contributed by atoms with van der Waals surface area (Å²) in [6.45, 7) is 0. The Morgan fingerprint density at radius 3 is 2.50 bits per heavy atom. The van der Waals surface area contributed by atoms with Crippen molar-refractivity contribution in [2.75, 3.05) is 7.11 Å². The van der Waals surface area contributed by atoms with Crippen LogP contribution in [0, 0.1) is 5.92 Å². The molecule has 0 bridgehead atoms. The van der Waals surface area contributed by atoms with E-state index in [0.29, 0.717) is 0 Å². The number of hydrogen-bond acceptors (Lipinski definition) is 1. The first-order chi connectivity index (χ1) is 6.87. The van der Waals surface area contributed by atoms with Crippen LogP contribution in [-0.4, -0.2) is 12.7 Å². The van der Waals surface area contributed by atoms with Gasteiger partial charge < -0.3 is 4.74 Å². The van der Waals surface area contributed by atoms with Crippen molar-refractivity contribution in [1.29, 1.82) is 0 Å². The predicted octanol–water partition coefficient (Wildman–Crippen LogP) is 3.69. The standard InChI is InChI=1S/C13H22O/c1-14-13(10-6-3-7-11-13)12-8-4-2-5-9-12/h2,4,12H,3,5-11H2,1H3. The Hall–Kier alpha value is -0.300. The quantitative estimate of drug-likeness (QED) is 0.609. The van der Waals surface area contributed by atoms with E-state index in [-0.39, 0.29) is 5.60 Å². The Bertz CT molecular complexity index is 201. The van der Waals surface area contributed by atoms with Crippen LogP contribution >= 0.6 is 0 Å². The molecule has 0 spiro atoms. The van der Waals surface area contributed by atoms with Gasteiger partial charge in [0.25, 0.3) is 0 Å². The second kappa shape index (κ2) is 4.48. The van der Waals surface area contributed by atoms with Gasteiger partial charge in [-0.2, -0.15) is 0 Å². The van der Waals surface area contributed by atoms with Crippen LogP contribution in [-0.2, 0) is 4.74 Å². The third-order valence-electron chi connectivity index (χ3n) is 4.12. The van der Waals surface area contributed by atoms with Crippen LogP contribution in [0.1, 0.15) is 51.4 Å². The SMILES string of the molecule is COC1(C2CC=CCC2)CCCCC1. The maximum atomic E-state index is 5.88. The second-order valence-corrected chi connectivity index (χ2v) is 4.81. The van der Waals surface area contributed by atoms with E-state index in [9.17, 15) is 0 Å². The Labute approximate surface area is 87.5 Å². The first-order valence-corrected chi connectivity index (χ1v) is 6.07. The van der Waals surface area contributed by atoms with Crippen molar-refractivity contribution >= 4 is 0 Å². The Balaban J connectivity index is 2.05. The van der Waals surface area contributed by atoms with Gasteiger partial charge in [0.15, 0.2) is 0 Å². The van der Waals surface area contributed by atoms with E-state index in [1.165, 1.54) is 51.4 Å². The monoisotopic (exact) mass is 194 g/mol. The van der Waals surface area contributed by atoms with Crippen LogP contribution in [0.15, 0.2) is 12.2 Å². The van der Waals surface area contributed by atoms with E-state index in [4.69, 9.17) is 4.74 Å². The van der Waals surface area contributed by atoms with E-state index < -0.39 is 0 Å². The summed E-state index contributed by atoms with van der Waals surface area (Å²) in [5, 5.41) is 0. The molecule has 0 saturated heterocycles. The minimum Gasteiger partial charge on any atom is -0.378 e. The van der Waals surface area contributed by atoms with Crippen LogP contribution < -0.4 is 0 Å². The van der Waals surface area contributed by atoms with Crippen molar-refractivity contribution < 1.29 is 4.74 Å². The maximum Gasteiger partial charge on any atom is 0.0709 e. The molecule has 80 valence electrons. The summed E-state index contributed by atoms with van der Waals surface area (Å²) in [4.78, 5) is 0. The maximum absolute atomic E-state index is 5.88. The van der Waals surface area contributed by atoms with Crippen molar-refractivity contribution in [3.05, 3.63) is 12.2 Å². The molecule has 1 atom stereocenters. The van der Waals surface area contributed by atoms with E-state index in [1.807, 2.05) is 7.11 Å². The molecule has 0 heterocycles. The lowest BCUT2D eigenvalue weighted by Crippen LogP contribution is -2.42. The van der Waals surface area contributed by atoms with Crippen LogP contribution in [0.5, 0.6) is 0 Å². The third-order valence-corrected chi connectivity index (χ3v) is 4.12. The molecule has 1 unspecified atom stereocenters. The summed E-state index contributed by atoms with van der Waals surface area (Å²) in [5.74, 6) is 0.790. The van der Waals surface area contributed by atoms with Gasteiger partial charge in [-0.25, -0.2) is 0 Å². The third kappa shape index (κ3) is 1.88. The van der Waals surface area contributed by atoms with Crippen molar-refractivity contribution in [1.82, 2.24) is 0 Å². The van der Waals surface area contributed by atoms with Crippen LogP contribution in [0.3, 0.4) is 0 Å². The van der Waals surface area contributed by atoms with Crippen molar-refractivity contribution in [2.45, 2.75) is 57.0 Å². The molecule has 1 heteroatoms. The van der Waals surface area contributed by atoms with Gasteiger partial charge in [0.05, 0.1) is 5.60 Å². The number of rotatable bonds is 2. The summed E-state index contributed by atoms with van der Waals surface area (Å²) >= 11 is 0.